The van der Waals surface area contributed by atoms with E-state index in [2.05, 4.69) is 0 Å². The van der Waals surface area contributed by atoms with Crippen LogP contribution in [0.4, 0.5) is 0 Å². The summed E-state index contributed by atoms with van der Waals surface area (Å²) in [5.41, 5.74) is 7.85. The number of hydrogen-bond donors (Lipinski definition) is 1. The Morgan fingerprint density at radius 2 is 2.07 bits per heavy atom. The Morgan fingerprint density at radius 3 is 2.64 bits per heavy atom. The van der Waals surface area contributed by atoms with Gasteiger partial charge >= 0.3 is 0 Å². The molecule has 0 aliphatic rings. The van der Waals surface area contributed by atoms with E-state index in [9.17, 15) is 4.21 Å². The second-order valence-electron chi connectivity index (χ2n) is 3.76. The highest BCUT2D eigenvalue weighted by Gasteiger charge is 2.09. The molecule has 0 aromatic heterocycles. The van der Waals surface area contributed by atoms with Crippen molar-refractivity contribution in [2.45, 2.75) is 31.7 Å². The molecule has 0 fully saturated rings. The molecule has 0 spiro atoms. The van der Waals surface area contributed by atoms with E-state index in [0.717, 1.165) is 16.0 Å². The molecule has 2 atom stereocenters. The van der Waals surface area contributed by atoms with E-state index in [4.69, 9.17) is 5.73 Å². The summed E-state index contributed by atoms with van der Waals surface area (Å²) in [5, 5.41) is 0. The standard InChI is InChI=1S/C11H17NOS/c1-8-4-5-9(2)11(6-8)14(13)7-10(3)12/h4-6,10H,7,12H2,1-3H3. The van der Waals surface area contributed by atoms with Crippen molar-refractivity contribution < 1.29 is 4.21 Å². The Morgan fingerprint density at radius 1 is 1.43 bits per heavy atom. The van der Waals surface area contributed by atoms with E-state index in [0.29, 0.717) is 5.75 Å². The zero-order valence-electron chi connectivity index (χ0n) is 8.91. The van der Waals surface area contributed by atoms with Gasteiger partial charge in [-0.2, -0.15) is 0 Å². The third-order valence-corrected chi connectivity index (χ3v) is 3.76. The first-order chi connectivity index (χ1) is 6.50. The number of benzene rings is 1. The quantitative estimate of drug-likeness (QED) is 0.828. The van der Waals surface area contributed by atoms with Crippen molar-refractivity contribution in [3.63, 3.8) is 0 Å². The fraction of sp³-hybridized carbons (Fsp3) is 0.455. The monoisotopic (exact) mass is 211 g/mol. The zero-order chi connectivity index (χ0) is 10.7. The molecule has 0 saturated heterocycles. The summed E-state index contributed by atoms with van der Waals surface area (Å²) < 4.78 is 11.9. The van der Waals surface area contributed by atoms with Crippen LogP contribution in [0.2, 0.25) is 0 Å². The van der Waals surface area contributed by atoms with Gasteiger partial charge in [0.1, 0.15) is 0 Å². The number of hydrogen-bond acceptors (Lipinski definition) is 2. The minimum Gasteiger partial charge on any atom is -0.327 e. The van der Waals surface area contributed by atoms with Gasteiger partial charge in [-0.25, -0.2) is 0 Å². The molecule has 0 aliphatic heterocycles. The van der Waals surface area contributed by atoms with E-state index in [-0.39, 0.29) is 6.04 Å². The largest absolute Gasteiger partial charge is 0.327 e. The maximum atomic E-state index is 11.9. The van der Waals surface area contributed by atoms with Crippen molar-refractivity contribution in [3.05, 3.63) is 29.3 Å². The van der Waals surface area contributed by atoms with Crippen LogP contribution in [0.1, 0.15) is 18.1 Å². The maximum absolute atomic E-state index is 11.9. The lowest BCUT2D eigenvalue weighted by Crippen LogP contribution is -2.23. The minimum absolute atomic E-state index is 0.0178. The second-order valence-corrected chi connectivity index (χ2v) is 5.22. The number of aryl methyl sites for hydroxylation is 2. The zero-order valence-corrected chi connectivity index (χ0v) is 9.73. The van der Waals surface area contributed by atoms with Crippen LogP contribution in [-0.2, 0) is 10.8 Å². The van der Waals surface area contributed by atoms with Gasteiger partial charge in [-0.05, 0) is 38.0 Å². The van der Waals surface area contributed by atoms with Gasteiger partial charge in [0, 0.05) is 16.7 Å². The van der Waals surface area contributed by atoms with Gasteiger partial charge in [0.15, 0.2) is 0 Å². The van der Waals surface area contributed by atoms with Crippen LogP contribution in [0.25, 0.3) is 0 Å². The lowest BCUT2D eigenvalue weighted by molar-refractivity contribution is 0.676. The van der Waals surface area contributed by atoms with Crippen molar-refractivity contribution >= 4 is 10.8 Å². The van der Waals surface area contributed by atoms with E-state index < -0.39 is 10.8 Å². The first-order valence-corrected chi connectivity index (χ1v) is 6.04. The number of rotatable bonds is 3. The molecule has 14 heavy (non-hydrogen) atoms. The van der Waals surface area contributed by atoms with E-state index in [1.165, 1.54) is 0 Å². The molecule has 3 heteroatoms. The molecule has 0 heterocycles. The van der Waals surface area contributed by atoms with Crippen molar-refractivity contribution in [2.75, 3.05) is 5.75 Å². The molecule has 2 N–H and O–H groups in total. The summed E-state index contributed by atoms with van der Waals surface area (Å²) in [6.07, 6.45) is 0. The van der Waals surface area contributed by atoms with Crippen molar-refractivity contribution in [2.24, 2.45) is 5.73 Å². The van der Waals surface area contributed by atoms with Gasteiger partial charge in [-0.15, -0.1) is 0 Å². The smallest absolute Gasteiger partial charge is 0.0547 e. The Bertz CT molecular complexity index is 347. The molecule has 1 aromatic rings. The summed E-state index contributed by atoms with van der Waals surface area (Å²) >= 11 is 0. The fourth-order valence-electron chi connectivity index (χ4n) is 1.28. The molecular weight excluding hydrogens is 194 g/mol. The van der Waals surface area contributed by atoms with Crippen LogP contribution < -0.4 is 5.73 Å². The molecule has 1 rings (SSSR count). The fourth-order valence-corrected chi connectivity index (χ4v) is 2.68. The summed E-state index contributed by atoms with van der Waals surface area (Å²) in [7, 11) is -0.960. The van der Waals surface area contributed by atoms with Crippen molar-refractivity contribution in [1.82, 2.24) is 0 Å². The number of nitrogens with two attached hydrogens (primary N) is 1. The van der Waals surface area contributed by atoms with Crippen LogP contribution in [0, 0.1) is 13.8 Å². The van der Waals surface area contributed by atoms with Gasteiger partial charge in [0.25, 0.3) is 0 Å². The van der Waals surface area contributed by atoms with Gasteiger partial charge in [0.2, 0.25) is 0 Å². The lowest BCUT2D eigenvalue weighted by Gasteiger charge is -2.08. The average Bonchev–Trinajstić information content (AvgIpc) is 2.08. The molecule has 2 nitrogen and oxygen atoms in total. The summed E-state index contributed by atoms with van der Waals surface area (Å²) in [6.45, 7) is 5.86. The van der Waals surface area contributed by atoms with Gasteiger partial charge in [-0.3, -0.25) is 4.21 Å². The second kappa shape index (κ2) is 4.71. The Kier molecular flexibility index (Phi) is 3.84. The van der Waals surface area contributed by atoms with E-state index in [1.54, 1.807) is 0 Å². The Balaban J connectivity index is 2.94. The minimum atomic E-state index is -0.960. The molecule has 0 radical (unpaired) electrons. The SMILES string of the molecule is Cc1ccc(C)c(S(=O)CC(C)N)c1. The van der Waals surface area contributed by atoms with Crippen LogP contribution >= 0.6 is 0 Å². The Labute approximate surface area is 88.0 Å². The molecule has 0 aliphatic carbocycles. The third-order valence-electron chi connectivity index (χ3n) is 2.00. The van der Waals surface area contributed by atoms with Crippen LogP contribution in [0.3, 0.4) is 0 Å². The normalized spacial score (nSPS) is 15.1. The molecule has 0 bridgehead atoms. The van der Waals surface area contributed by atoms with Crippen molar-refractivity contribution in [1.29, 1.82) is 0 Å². The van der Waals surface area contributed by atoms with Gasteiger partial charge in [0.05, 0.1) is 10.8 Å². The summed E-state index contributed by atoms with van der Waals surface area (Å²) in [5.74, 6) is 0.532. The third kappa shape index (κ3) is 2.93. The lowest BCUT2D eigenvalue weighted by atomic mass is 10.2. The van der Waals surface area contributed by atoms with Gasteiger partial charge in [-0.1, -0.05) is 12.1 Å². The first-order valence-electron chi connectivity index (χ1n) is 4.72. The predicted molar refractivity (Wildman–Crippen MR) is 60.8 cm³/mol. The van der Waals surface area contributed by atoms with Crippen LogP contribution in [0.15, 0.2) is 23.1 Å². The van der Waals surface area contributed by atoms with Gasteiger partial charge < -0.3 is 5.73 Å². The summed E-state index contributed by atoms with van der Waals surface area (Å²) in [6, 6.07) is 6.00. The maximum Gasteiger partial charge on any atom is 0.0547 e. The molecule has 0 amide bonds. The van der Waals surface area contributed by atoms with Crippen LogP contribution in [-0.4, -0.2) is 16.0 Å². The first kappa shape index (κ1) is 11.4. The van der Waals surface area contributed by atoms with Crippen LogP contribution in [0.5, 0.6) is 0 Å². The molecular formula is C11H17NOS. The molecule has 78 valence electrons. The molecule has 1 aromatic carbocycles. The molecule has 0 saturated carbocycles. The van der Waals surface area contributed by atoms with E-state index >= 15 is 0 Å². The predicted octanol–water partition coefficient (Wildman–Crippen LogP) is 1.76. The topological polar surface area (TPSA) is 43.1 Å². The Hall–Kier alpha value is -0.670. The highest BCUT2D eigenvalue weighted by Crippen LogP contribution is 2.15. The summed E-state index contributed by atoms with van der Waals surface area (Å²) in [4.78, 5) is 0.919. The average molecular weight is 211 g/mol. The van der Waals surface area contributed by atoms with E-state index in [1.807, 2.05) is 39.0 Å². The van der Waals surface area contributed by atoms with Crippen molar-refractivity contribution in [3.8, 4) is 0 Å². The highest BCUT2D eigenvalue weighted by atomic mass is 32.2. The molecule has 2 unspecified atom stereocenters. The highest BCUT2D eigenvalue weighted by molar-refractivity contribution is 7.85.